The average Bonchev–Trinajstić information content (AvgIpc) is 2.62. The molecule has 3 aromatic rings. The maximum atomic E-state index is 10.9. The van der Waals surface area contributed by atoms with Crippen molar-refractivity contribution in [3.05, 3.63) is 71.4 Å². The summed E-state index contributed by atoms with van der Waals surface area (Å²) in [6.07, 6.45) is 1.64. The zero-order valence-electron chi connectivity index (χ0n) is 13.8. The number of benzene rings is 2. The minimum atomic E-state index is -0.967. The molecule has 26 heavy (non-hydrogen) atoms. The number of carboxylic acids is 1. The number of nitrogens with zero attached hydrogens (tertiary/aromatic N) is 3. The van der Waals surface area contributed by atoms with Crippen LogP contribution >= 0.6 is 24.0 Å². The number of hydrogen-bond acceptors (Lipinski definition) is 5. The molecule has 1 heterocycles. The van der Waals surface area contributed by atoms with Crippen molar-refractivity contribution in [2.75, 3.05) is 17.3 Å². The monoisotopic (exact) mass is 390 g/mol. The van der Waals surface area contributed by atoms with Crippen LogP contribution in [0.2, 0.25) is 5.02 Å². The molecule has 6 nitrogen and oxygen atoms in total. The zero-order chi connectivity index (χ0) is 17.8. The highest BCUT2D eigenvalue weighted by Gasteiger charge is 2.10. The fourth-order valence-corrected chi connectivity index (χ4v) is 2.53. The number of halogens is 2. The van der Waals surface area contributed by atoms with E-state index in [2.05, 4.69) is 15.3 Å². The molecule has 0 spiro atoms. The molecular formula is C18H16Cl2N4O2. The molecular weight excluding hydrogens is 375 g/mol. The molecule has 0 bridgehead atoms. The highest BCUT2D eigenvalue weighted by atomic mass is 35.5. The summed E-state index contributed by atoms with van der Waals surface area (Å²) in [6, 6.07) is 15.6. The molecule has 0 radical (unpaired) electrons. The van der Waals surface area contributed by atoms with Gasteiger partial charge in [-0.15, -0.1) is 12.4 Å². The number of carboxylic acid groups (broad SMARTS) is 1. The normalized spacial score (nSPS) is 9.92. The van der Waals surface area contributed by atoms with Gasteiger partial charge in [-0.1, -0.05) is 23.7 Å². The lowest BCUT2D eigenvalue weighted by molar-refractivity contribution is 0.0697. The standard InChI is InChI=1S/C18H15ClN4O2.ClH/c1-23(15-5-3-2-4-14(15)19)16-10-11-20-18(22-16)21-13-8-6-12(7-9-13)17(24)25;/h2-11H,1H3,(H,24,25)(H,20,21,22);1H. The average molecular weight is 391 g/mol. The summed E-state index contributed by atoms with van der Waals surface area (Å²) in [5.74, 6) is 0.110. The van der Waals surface area contributed by atoms with Gasteiger partial charge in [0.1, 0.15) is 5.82 Å². The van der Waals surface area contributed by atoms with Crippen molar-refractivity contribution in [2.45, 2.75) is 0 Å². The maximum Gasteiger partial charge on any atom is 0.335 e. The van der Waals surface area contributed by atoms with Crippen molar-refractivity contribution in [3.63, 3.8) is 0 Å². The Bertz CT molecular complexity index is 904. The van der Waals surface area contributed by atoms with Crippen molar-refractivity contribution in [1.29, 1.82) is 0 Å². The first-order chi connectivity index (χ1) is 12.0. The Labute approximate surface area is 161 Å². The molecule has 0 aliphatic heterocycles. The van der Waals surface area contributed by atoms with Crippen molar-refractivity contribution in [3.8, 4) is 0 Å². The van der Waals surface area contributed by atoms with E-state index in [1.54, 1.807) is 24.4 Å². The summed E-state index contributed by atoms with van der Waals surface area (Å²) in [4.78, 5) is 21.4. The Morgan fingerprint density at radius 2 is 1.81 bits per heavy atom. The summed E-state index contributed by atoms with van der Waals surface area (Å²) < 4.78 is 0. The Balaban J connectivity index is 0.00000243. The number of aromatic nitrogens is 2. The van der Waals surface area contributed by atoms with Gasteiger partial charge in [-0.2, -0.15) is 4.98 Å². The van der Waals surface area contributed by atoms with Crippen LogP contribution in [0.3, 0.4) is 0 Å². The Kier molecular flexibility index (Phi) is 6.38. The van der Waals surface area contributed by atoms with Gasteiger partial charge in [-0.3, -0.25) is 0 Å². The number of carbonyl (C=O) groups is 1. The van der Waals surface area contributed by atoms with Crippen molar-refractivity contribution in [1.82, 2.24) is 9.97 Å². The number of para-hydroxylation sites is 1. The first-order valence-corrected chi connectivity index (χ1v) is 7.84. The van der Waals surface area contributed by atoms with E-state index in [0.717, 1.165) is 5.69 Å². The Morgan fingerprint density at radius 1 is 1.12 bits per heavy atom. The van der Waals surface area contributed by atoms with Crippen molar-refractivity contribution in [2.24, 2.45) is 0 Å². The second kappa shape index (κ2) is 8.51. The van der Waals surface area contributed by atoms with Gasteiger partial charge in [0.2, 0.25) is 5.95 Å². The lowest BCUT2D eigenvalue weighted by Crippen LogP contribution is -2.12. The van der Waals surface area contributed by atoms with E-state index in [0.29, 0.717) is 22.5 Å². The van der Waals surface area contributed by atoms with Gasteiger partial charge in [0.05, 0.1) is 16.3 Å². The summed E-state index contributed by atoms with van der Waals surface area (Å²) >= 11 is 6.23. The molecule has 8 heteroatoms. The summed E-state index contributed by atoms with van der Waals surface area (Å²) in [5.41, 5.74) is 1.75. The lowest BCUT2D eigenvalue weighted by Gasteiger charge is -2.20. The van der Waals surface area contributed by atoms with Crippen molar-refractivity contribution >= 4 is 53.1 Å². The largest absolute Gasteiger partial charge is 0.478 e. The van der Waals surface area contributed by atoms with Gasteiger partial charge < -0.3 is 15.3 Å². The summed E-state index contributed by atoms with van der Waals surface area (Å²) in [5, 5.41) is 12.6. The molecule has 0 unspecified atom stereocenters. The third-order valence-electron chi connectivity index (χ3n) is 3.59. The van der Waals surface area contributed by atoms with Crippen LogP contribution in [0, 0.1) is 0 Å². The first kappa shape index (κ1) is 19.5. The van der Waals surface area contributed by atoms with Gasteiger partial charge >= 0.3 is 5.97 Å². The predicted molar refractivity (Wildman–Crippen MR) is 105 cm³/mol. The molecule has 0 saturated carbocycles. The van der Waals surface area contributed by atoms with Crippen molar-refractivity contribution < 1.29 is 9.90 Å². The molecule has 0 aliphatic rings. The Hall–Kier alpha value is -2.83. The van der Waals surface area contributed by atoms with Gasteiger partial charge in [-0.05, 0) is 42.5 Å². The number of nitrogens with one attached hydrogen (secondary N) is 1. The lowest BCUT2D eigenvalue weighted by atomic mass is 10.2. The van der Waals surface area contributed by atoms with Crippen LogP contribution in [0.1, 0.15) is 10.4 Å². The van der Waals surface area contributed by atoms with E-state index in [-0.39, 0.29) is 18.0 Å². The Morgan fingerprint density at radius 3 is 2.46 bits per heavy atom. The topological polar surface area (TPSA) is 78.4 Å². The second-order valence-corrected chi connectivity index (χ2v) is 5.66. The molecule has 2 N–H and O–H groups in total. The molecule has 1 aromatic heterocycles. The minimum Gasteiger partial charge on any atom is -0.478 e. The number of aromatic carboxylic acids is 1. The fourth-order valence-electron chi connectivity index (χ4n) is 2.27. The van der Waals surface area contributed by atoms with Gasteiger partial charge in [0, 0.05) is 18.9 Å². The fraction of sp³-hybridized carbons (Fsp3) is 0.0556. The van der Waals surface area contributed by atoms with Crippen LogP contribution in [-0.2, 0) is 0 Å². The zero-order valence-corrected chi connectivity index (χ0v) is 15.3. The van der Waals surface area contributed by atoms with E-state index in [1.807, 2.05) is 36.2 Å². The van der Waals surface area contributed by atoms with Crippen LogP contribution in [0.15, 0.2) is 60.8 Å². The minimum absolute atomic E-state index is 0. The van der Waals surface area contributed by atoms with E-state index >= 15 is 0 Å². The summed E-state index contributed by atoms with van der Waals surface area (Å²) in [7, 11) is 1.87. The number of anilines is 4. The highest BCUT2D eigenvalue weighted by molar-refractivity contribution is 6.33. The predicted octanol–water partition coefficient (Wildman–Crippen LogP) is 4.76. The highest BCUT2D eigenvalue weighted by Crippen LogP contribution is 2.29. The van der Waals surface area contributed by atoms with Crippen LogP contribution < -0.4 is 10.2 Å². The maximum absolute atomic E-state index is 10.9. The smallest absolute Gasteiger partial charge is 0.335 e. The molecule has 134 valence electrons. The van der Waals surface area contributed by atoms with E-state index in [9.17, 15) is 4.79 Å². The van der Waals surface area contributed by atoms with Crippen LogP contribution in [0.25, 0.3) is 0 Å². The number of hydrogen-bond donors (Lipinski definition) is 2. The van der Waals surface area contributed by atoms with Gasteiger partial charge in [0.15, 0.2) is 0 Å². The van der Waals surface area contributed by atoms with Crippen LogP contribution in [0.5, 0.6) is 0 Å². The number of rotatable bonds is 5. The molecule has 0 saturated heterocycles. The van der Waals surface area contributed by atoms with Crippen LogP contribution in [-0.4, -0.2) is 28.1 Å². The second-order valence-electron chi connectivity index (χ2n) is 5.26. The SMILES string of the molecule is CN(c1ccnc(Nc2ccc(C(=O)O)cc2)n1)c1ccccc1Cl.Cl. The molecule has 0 aliphatic carbocycles. The first-order valence-electron chi connectivity index (χ1n) is 7.46. The summed E-state index contributed by atoms with van der Waals surface area (Å²) in [6.45, 7) is 0. The third-order valence-corrected chi connectivity index (χ3v) is 3.91. The molecule has 0 amide bonds. The van der Waals surface area contributed by atoms with Gasteiger partial charge in [-0.25, -0.2) is 9.78 Å². The van der Waals surface area contributed by atoms with E-state index in [1.165, 1.54) is 12.1 Å². The van der Waals surface area contributed by atoms with E-state index in [4.69, 9.17) is 16.7 Å². The van der Waals surface area contributed by atoms with E-state index < -0.39 is 5.97 Å². The van der Waals surface area contributed by atoms with Crippen LogP contribution in [0.4, 0.5) is 23.1 Å². The quantitative estimate of drug-likeness (QED) is 0.653. The molecule has 0 fully saturated rings. The molecule has 0 atom stereocenters. The van der Waals surface area contributed by atoms with Gasteiger partial charge in [0.25, 0.3) is 0 Å². The molecule has 2 aromatic carbocycles. The third kappa shape index (κ3) is 4.41. The molecule has 3 rings (SSSR count).